The monoisotopic (exact) mass is 276 g/mol. The summed E-state index contributed by atoms with van der Waals surface area (Å²) in [5, 5.41) is 12.3. The maximum atomic E-state index is 12.2. The van der Waals surface area contributed by atoms with Crippen molar-refractivity contribution in [1.29, 1.82) is 0 Å². The fraction of sp³-hybridized carbons (Fsp3) is 0.533. The van der Waals surface area contributed by atoms with Crippen molar-refractivity contribution >= 4 is 11.9 Å². The average molecular weight is 276 g/mol. The molecule has 5 heteroatoms. The van der Waals surface area contributed by atoms with Crippen molar-refractivity contribution in [3.05, 3.63) is 29.6 Å². The molecule has 1 aliphatic carbocycles. The number of carboxylic acids is 1. The Morgan fingerprint density at radius 3 is 2.75 bits per heavy atom. The second-order valence-corrected chi connectivity index (χ2v) is 5.68. The van der Waals surface area contributed by atoms with E-state index < -0.39 is 11.4 Å². The maximum absolute atomic E-state index is 12.2. The van der Waals surface area contributed by atoms with Gasteiger partial charge in [0, 0.05) is 17.9 Å². The normalized spacial score (nSPS) is 26.0. The standard InChI is InChI=1S/C15H20N2O3/c1-10-6-7-11(9-16-10)13(18)17-12-5-3-4-8-15(12,2)14(19)20/h6-7,9,12H,3-5,8H2,1-2H3,(H,17,18)(H,19,20). The number of pyridine rings is 1. The molecular formula is C15H20N2O3. The first-order chi connectivity index (χ1) is 9.43. The zero-order valence-electron chi connectivity index (χ0n) is 11.8. The second kappa shape index (κ2) is 5.61. The quantitative estimate of drug-likeness (QED) is 0.886. The van der Waals surface area contributed by atoms with Crippen LogP contribution in [0.4, 0.5) is 0 Å². The Bertz CT molecular complexity index is 512. The number of rotatable bonds is 3. The lowest BCUT2D eigenvalue weighted by molar-refractivity contribution is -0.151. The van der Waals surface area contributed by atoms with E-state index in [-0.39, 0.29) is 11.9 Å². The van der Waals surface area contributed by atoms with Crippen molar-refractivity contribution in [2.45, 2.75) is 45.6 Å². The summed E-state index contributed by atoms with van der Waals surface area (Å²) in [6.07, 6.45) is 4.65. The molecule has 0 bridgehead atoms. The summed E-state index contributed by atoms with van der Waals surface area (Å²) in [6.45, 7) is 3.57. The van der Waals surface area contributed by atoms with Crippen LogP contribution in [-0.4, -0.2) is 28.0 Å². The summed E-state index contributed by atoms with van der Waals surface area (Å²) >= 11 is 0. The van der Waals surface area contributed by atoms with Gasteiger partial charge in [-0.3, -0.25) is 14.6 Å². The zero-order chi connectivity index (χ0) is 14.8. The van der Waals surface area contributed by atoms with Crippen LogP contribution in [0.2, 0.25) is 0 Å². The fourth-order valence-corrected chi connectivity index (χ4v) is 2.66. The Hall–Kier alpha value is -1.91. The third kappa shape index (κ3) is 2.81. The topological polar surface area (TPSA) is 79.3 Å². The van der Waals surface area contributed by atoms with Crippen LogP contribution < -0.4 is 5.32 Å². The molecule has 1 aliphatic rings. The first-order valence-electron chi connectivity index (χ1n) is 6.90. The van der Waals surface area contributed by atoms with Crippen LogP contribution in [0.25, 0.3) is 0 Å². The number of hydrogen-bond acceptors (Lipinski definition) is 3. The third-order valence-corrected chi connectivity index (χ3v) is 4.18. The molecule has 0 saturated heterocycles. The molecule has 1 fully saturated rings. The number of nitrogens with one attached hydrogen (secondary N) is 1. The molecule has 0 radical (unpaired) electrons. The molecule has 0 aromatic carbocycles. The number of aryl methyl sites for hydroxylation is 1. The van der Waals surface area contributed by atoms with E-state index >= 15 is 0 Å². The van der Waals surface area contributed by atoms with Crippen molar-refractivity contribution in [1.82, 2.24) is 10.3 Å². The summed E-state index contributed by atoms with van der Waals surface area (Å²) in [4.78, 5) is 27.8. The number of carbonyl (C=O) groups is 2. The minimum Gasteiger partial charge on any atom is -0.481 e. The third-order valence-electron chi connectivity index (χ3n) is 4.18. The highest BCUT2D eigenvalue weighted by atomic mass is 16.4. The molecule has 0 spiro atoms. The van der Waals surface area contributed by atoms with E-state index in [0.29, 0.717) is 18.4 Å². The second-order valence-electron chi connectivity index (χ2n) is 5.68. The Balaban J connectivity index is 2.13. The highest BCUT2D eigenvalue weighted by Crippen LogP contribution is 2.36. The molecule has 1 aromatic rings. The number of carbonyl (C=O) groups excluding carboxylic acids is 1. The van der Waals surface area contributed by atoms with Gasteiger partial charge in [-0.05, 0) is 38.8 Å². The molecule has 1 amide bonds. The van der Waals surface area contributed by atoms with Crippen molar-refractivity contribution < 1.29 is 14.7 Å². The van der Waals surface area contributed by atoms with Gasteiger partial charge in [-0.15, -0.1) is 0 Å². The number of hydrogen-bond donors (Lipinski definition) is 2. The van der Waals surface area contributed by atoms with Crippen molar-refractivity contribution in [2.75, 3.05) is 0 Å². The molecule has 5 nitrogen and oxygen atoms in total. The lowest BCUT2D eigenvalue weighted by Crippen LogP contribution is -2.52. The van der Waals surface area contributed by atoms with Gasteiger partial charge in [0.25, 0.3) is 5.91 Å². The van der Waals surface area contributed by atoms with E-state index in [4.69, 9.17) is 0 Å². The van der Waals surface area contributed by atoms with Gasteiger partial charge >= 0.3 is 5.97 Å². The van der Waals surface area contributed by atoms with Crippen LogP contribution in [0, 0.1) is 12.3 Å². The number of aromatic nitrogens is 1. The number of nitrogens with zero attached hydrogens (tertiary/aromatic N) is 1. The summed E-state index contributed by atoms with van der Waals surface area (Å²) in [6, 6.07) is 3.15. The largest absolute Gasteiger partial charge is 0.481 e. The van der Waals surface area contributed by atoms with E-state index in [9.17, 15) is 14.7 Å². The van der Waals surface area contributed by atoms with Gasteiger partial charge in [0.05, 0.1) is 11.0 Å². The van der Waals surface area contributed by atoms with Crippen LogP contribution in [0.5, 0.6) is 0 Å². The van der Waals surface area contributed by atoms with Gasteiger partial charge in [-0.2, -0.15) is 0 Å². The molecule has 2 unspecified atom stereocenters. The van der Waals surface area contributed by atoms with Crippen LogP contribution >= 0.6 is 0 Å². The molecule has 0 aliphatic heterocycles. The fourth-order valence-electron chi connectivity index (χ4n) is 2.66. The highest BCUT2D eigenvalue weighted by molar-refractivity contribution is 5.94. The minimum absolute atomic E-state index is 0.253. The average Bonchev–Trinajstić information content (AvgIpc) is 2.42. The maximum Gasteiger partial charge on any atom is 0.311 e. The number of amides is 1. The summed E-state index contributed by atoms with van der Waals surface area (Å²) in [5.74, 6) is -1.10. The molecule has 2 N–H and O–H groups in total. The molecule has 2 rings (SSSR count). The lowest BCUT2D eigenvalue weighted by atomic mass is 9.71. The Kier molecular flexibility index (Phi) is 4.06. The number of aliphatic carboxylic acids is 1. The van der Waals surface area contributed by atoms with E-state index in [1.807, 2.05) is 6.92 Å². The highest BCUT2D eigenvalue weighted by Gasteiger charge is 2.43. The molecule has 108 valence electrons. The lowest BCUT2D eigenvalue weighted by Gasteiger charge is -2.38. The Labute approximate surface area is 118 Å². The van der Waals surface area contributed by atoms with Crippen molar-refractivity contribution in [3.8, 4) is 0 Å². The van der Waals surface area contributed by atoms with Gasteiger partial charge in [0.15, 0.2) is 0 Å². The molecule has 20 heavy (non-hydrogen) atoms. The van der Waals surface area contributed by atoms with Gasteiger partial charge in [-0.25, -0.2) is 0 Å². The van der Waals surface area contributed by atoms with E-state index in [0.717, 1.165) is 18.5 Å². The van der Waals surface area contributed by atoms with Gasteiger partial charge in [-0.1, -0.05) is 12.8 Å². The van der Waals surface area contributed by atoms with Crippen LogP contribution in [0.1, 0.15) is 48.7 Å². The molecule has 2 atom stereocenters. The molecule has 1 saturated carbocycles. The summed E-state index contributed by atoms with van der Waals surface area (Å²) < 4.78 is 0. The molecule has 1 heterocycles. The molecular weight excluding hydrogens is 256 g/mol. The van der Waals surface area contributed by atoms with E-state index in [1.165, 1.54) is 6.20 Å². The van der Waals surface area contributed by atoms with Crippen molar-refractivity contribution in [2.24, 2.45) is 5.41 Å². The minimum atomic E-state index is -0.883. The Morgan fingerprint density at radius 1 is 1.40 bits per heavy atom. The predicted octanol–water partition coefficient (Wildman–Crippen LogP) is 2.15. The zero-order valence-corrected chi connectivity index (χ0v) is 11.8. The van der Waals surface area contributed by atoms with Gasteiger partial charge in [0.2, 0.25) is 0 Å². The van der Waals surface area contributed by atoms with Crippen LogP contribution in [0.15, 0.2) is 18.3 Å². The summed E-state index contributed by atoms with van der Waals surface area (Å²) in [7, 11) is 0. The Morgan fingerprint density at radius 2 is 2.15 bits per heavy atom. The van der Waals surface area contributed by atoms with Crippen LogP contribution in [-0.2, 0) is 4.79 Å². The smallest absolute Gasteiger partial charge is 0.311 e. The first-order valence-corrected chi connectivity index (χ1v) is 6.90. The van der Waals surface area contributed by atoms with Gasteiger partial charge < -0.3 is 10.4 Å². The molecule has 1 aromatic heterocycles. The van der Waals surface area contributed by atoms with E-state index in [1.54, 1.807) is 19.1 Å². The predicted molar refractivity (Wildman–Crippen MR) is 74.4 cm³/mol. The SMILES string of the molecule is Cc1ccc(C(=O)NC2CCCCC2(C)C(=O)O)cn1. The summed E-state index contributed by atoms with van der Waals surface area (Å²) in [5.41, 5.74) is 0.426. The number of carboxylic acid groups (broad SMARTS) is 1. The van der Waals surface area contributed by atoms with Crippen molar-refractivity contribution in [3.63, 3.8) is 0 Å². The van der Waals surface area contributed by atoms with Gasteiger partial charge in [0.1, 0.15) is 0 Å². The first kappa shape index (κ1) is 14.5. The van der Waals surface area contributed by atoms with Crippen LogP contribution in [0.3, 0.4) is 0 Å². The van der Waals surface area contributed by atoms with E-state index in [2.05, 4.69) is 10.3 Å².